The quantitative estimate of drug-likeness (QED) is 0.911. The first-order valence-corrected chi connectivity index (χ1v) is 6.77. The molecule has 1 aliphatic heterocycles. The Morgan fingerprint density at radius 2 is 2.10 bits per heavy atom. The SMILES string of the molecule is O=C(NCc1ccccc1F)c1cccc2c1OCCN2. The number of para-hydroxylation sites is 1. The highest BCUT2D eigenvalue weighted by Crippen LogP contribution is 2.31. The topological polar surface area (TPSA) is 50.4 Å². The van der Waals surface area contributed by atoms with Crippen LogP contribution in [0.5, 0.6) is 5.75 Å². The van der Waals surface area contributed by atoms with Gasteiger partial charge in [0.25, 0.3) is 5.91 Å². The van der Waals surface area contributed by atoms with Crippen LogP contribution in [-0.4, -0.2) is 19.1 Å². The summed E-state index contributed by atoms with van der Waals surface area (Å²) in [7, 11) is 0. The molecule has 0 radical (unpaired) electrons. The van der Waals surface area contributed by atoms with Gasteiger partial charge >= 0.3 is 0 Å². The molecule has 0 fully saturated rings. The predicted octanol–water partition coefficient (Wildman–Crippen LogP) is 2.56. The van der Waals surface area contributed by atoms with Crippen LogP contribution in [0, 0.1) is 5.82 Å². The van der Waals surface area contributed by atoms with Crippen molar-refractivity contribution >= 4 is 11.6 Å². The Morgan fingerprint density at radius 1 is 1.24 bits per heavy atom. The molecule has 0 atom stereocenters. The summed E-state index contributed by atoms with van der Waals surface area (Å²) in [5.74, 6) is -0.0561. The van der Waals surface area contributed by atoms with E-state index in [1.165, 1.54) is 6.07 Å². The Morgan fingerprint density at radius 3 is 2.95 bits per heavy atom. The number of benzene rings is 2. The second kappa shape index (κ2) is 5.83. The van der Waals surface area contributed by atoms with Crippen LogP contribution in [0.4, 0.5) is 10.1 Å². The second-order valence-corrected chi connectivity index (χ2v) is 4.73. The lowest BCUT2D eigenvalue weighted by molar-refractivity contribution is 0.0946. The lowest BCUT2D eigenvalue weighted by Gasteiger charge is -2.21. The van der Waals surface area contributed by atoms with E-state index in [0.29, 0.717) is 30.0 Å². The van der Waals surface area contributed by atoms with Gasteiger partial charge in [-0.3, -0.25) is 4.79 Å². The molecule has 108 valence electrons. The maximum atomic E-state index is 13.5. The molecule has 1 amide bonds. The van der Waals surface area contributed by atoms with Crippen LogP contribution in [-0.2, 0) is 6.54 Å². The zero-order chi connectivity index (χ0) is 14.7. The minimum atomic E-state index is -0.328. The average Bonchev–Trinajstić information content (AvgIpc) is 2.53. The van der Waals surface area contributed by atoms with Gasteiger partial charge < -0.3 is 15.4 Å². The van der Waals surface area contributed by atoms with Gasteiger partial charge in [-0.1, -0.05) is 24.3 Å². The second-order valence-electron chi connectivity index (χ2n) is 4.73. The van der Waals surface area contributed by atoms with Crippen molar-refractivity contribution in [2.75, 3.05) is 18.5 Å². The van der Waals surface area contributed by atoms with Crippen LogP contribution in [0.15, 0.2) is 42.5 Å². The van der Waals surface area contributed by atoms with Gasteiger partial charge in [0, 0.05) is 18.7 Å². The maximum absolute atomic E-state index is 13.5. The van der Waals surface area contributed by atoms with E-state index in [9.17, 15) is 9.18 Å². The molecule has 1 heterocycles. The van der Waals surface area contributed by atoms with Crippen molar-refractivity contribution in [3.05, 3.63) is 59.4 Å². The van der Waals surface area contributed by atoms with Gasteiger partial charge in [-0.05, 0) is 18.2 Å². The molecule has 0 spiro atoms. The lowest BCUT2D eigenvalue weighted by atomic mass is 10.1. The Kier molecular flexibility index (Phi) is 3.73. The van der Waals surface area contributed by atoms with E-state index < -0.39 is 0 Å². The number of amides is 1. The molecule has 0 saturated carbocycles. The third-order valence-corrected chi connectivity index (χ3v) is 3.32. The standard InChI is InChI=1S/C16H15FN2O2/c17-13-6-2-1-4-11(13)10-19-16(20)12-5-3-7-14-15(12)21-9-8-18-14/h1-7,18H,8-10H2,(H,19,20). The number of hydrogen-bond acceptors (Lipinski definition) is 3. The molecular weight excluding hydrogens is 271 g/mol. The highest BCUT2D eigenvalue weighted by molar-refractivity contribution is 5.98. The number of hydrogen-bond donors (Lipinski definition) is 2. The molecule has 4 nitrogen and oxygen atoms in total. The van der Waals surface area contributed by atoms with Crippen LogP contribution in [0.25, 0.3) is 0 Å². The van der Waals surface area contributed by atoms with Gasteiger partial charge in [0.1, 0.15) is 12.4 Å². The number of rotatable bonds is 3. The van der Waals surface area contributed by atoms with E-state index in [1.54, 1.807) is 30.3 Å². The van der Waals surface area contributed by atoms with E-state index in [4.69, 9.17) is 4.74 Å². The predicted molar refractivity (Wildman–Crippen MR) is 78.0 cm³/mol. The summed E-state index contributed by atoms with van der Waals surface area (Å²) in [6, 6.07) is 11.7. The van der Waals surface area contributed by atoms with Crippen molar-refractivity contribution in [1.29, 1.82) is 0 Å². The number of carbonyl (C=O) groups excluding carboxylic acids is 1. The highest BCUT2D eigenvalue weighted by Gasteiger charge is 2.18. The highest BCUT2D eigenvalue weighted by atomic mass is 19.1. The Balaban J connectivity index is 1.76. The molecule has 21 heavy (non-hydrogen) atoms. The van der Waals surface area contributed by atoms with E-state index >= 15 is 0 Å². The van der Waals surface area contributed by atoms with Crippen LogP contribution < -0.4 is 15.4 Å². The monoisotopic (exact) mass is 286 g/mol. The van der Waals surface area contributed by atoms with Gasteiger partial charge in [0.05, 0.1) is 11.3 Å². The number of anilines is 1. The molecule has 0 unspecified atom stereocenters. The van der Waals surface area contributed by atoms with Gasteiger partial charge in [0.15, 0.2) is 5.75 Å². The molecule has 2 aromatic carbocycles. The average molecular weight is 286 g/mol. The first kappa shape index (κ1) is 13.4. The van der Waals surface area contributed by atoms with Crippen LogP contribution in [0.2, 0.25) is 0 Å². The maximum Gasteiger partial charge on any atom is 0.255 e. The van der Waals surface area contributed by atoms with Crippen molar-refractivity contribution in [3.63, 3.8) is 0 Å². The molecule has 3 rings (SSSR count). The van der Waals surface area contributed by atoms with Crippen molar-refractivity contribution in [3.8, 4) is 5.75 Å². The first-order valence-electron chi connectivity index (χ1n) is 6.77. The van der Waals surface area contributed by atoms with Gasteiger partial charge in [-0.2, -0.15) is 0 Å². The van der Waals surface area contributed by atoms with Crippen molar-refractivity contribution in [2.24, 2.45) is 0 Å². The van der Waals surface area contributed by atoms with E-state index in [2.05, 4.69) is 10.6 Å². The third-order valence-electron chi connectivity index (χ3n) is 3.32. The minimum absolute atomic E-state index is 0.141. The zero-order valence-corrected chi connectivity index (χ0v) is 11.4. The Bertz CT molecular complexity index is 673. The molecule has 5 heteroatoms. The molecule has 0 aliphatic carbocycles. The summed E-state index contributed by atoms with van der Waals surface area (Å²) in [4.78, 5) is 12.3. The third kappa shape index (κ3) is 2.81. The fraction of sp³-hybridized carbons (Fsp3) is 0.188. The van der Waals surface area contributed by atoms with Gasteiger partial charge in [-0.25, -0.2) is 4.39 Å². The number of ether oxygens (including phenoxy) is 1. The summed E-state index contributed by atoms with van der Waals surface area (Å²) < 4.78 is 19.1. The molecule has 0 saturated heterocycles. The summed E-state index contributed by atoms with van der Waals surface area (Å²) in [6.45, 7) is 1.38. The summed E-state index contributed by atoms with van der Waals surface area (Å²) in [5, 5.41) is 5.90. The van der Waals surface area contributed by atoms with Crippen molar-refractivity contribution in [2.45, 2.75) is 6.54 Å². The summed E-state index contributed by atoms with van der Waals surface area (Å²) in [6.07, 6.45) is 0. The van der Waals surface area contributed by atoms with Gasteiger partial charge in [0.2, 0.25) is 0 Å². The van der Waals surface area contributed by atoms with Crippen molar-refractivity contribution < 1.29 is 13.9 Å². The normalized spacial score (nSPS) is 12.8. The largest absolute Gasteiger partial charge is 0.489 e. The van der Waals surface area contributed by atoms with Crippen LogP contribution in [0.1, 0.15) is 15.9 Å². The van der Waals surface area contributed by atoms with Gasteiger partial charge in [-0.15, -0.1) is 0 Å². The van der Waals surface area contributed by atoms with Crippen LogP contribution >= 0.6 is 0 Å². The zero-order valence-electron chi connectivity index (χ0n) is 11.4. The molecular formula is C16H15FN2O2. The molecule has 2 N–H and O–H groups in total. The fourth-order valence-corrected chi connectivity index (χ4v) is 2.26. The van der Waals surface area contributed by atoms with Crippen LogP contribution in [0.3, 0.4) is 0 Å². The molecule has 0 bridgehead atoms. The van der Waals surface area contributed by atoms with E-state index in [0.717, 1.165) is 5.69 Å². The molecule has 1 aliphatic rings. The van der Waals surface area contributed by atoms with E-state index in [1.807, 2.05) is 6.07 Å². The molecule has 0 aromatic heterocycles. The Labute approximate surface area is 121 Å². The van der Waals surface area contributed by atoms with Crippen molar-refractivity contribution in [1.82, 2.24) is 5.32 Å². The smallest absolute Gasteiger partial charge is 0.255 e. The minimum Gasteiger partial charge on any atom is -0.489 e. The first-order chi connectivity index (χ1) is 10.3. The number of fused-ring (bicyclic) bond motifs is 1. The Hall–Kier alpha value is -2.56. The lowest BCUT2D eigenvalue weighted by Crippen LogP contribution is -2.26. The van der Waals surface area contributed by atoms with E-state index in [-0.39, 0.29) is 18.3 Å². The molecule has 2 aromatic rings. The number of carbonyl (C=O) groups is 1. The number of halogens is 1. The number of nitrogens with one attached hydrogen (secondary N) is 2. The summed E-state index contributed by atoms with van der Waals surface area (Å²) >= 11 is 0. The summed E-state index contributed by atoms with van der Waals surface area (Å²) in [5.41, 5.74) is 1.71. The fourth-order valence-electron chi connectivity index (χ4n) is 2.26.